The van der Waals surface area contributed by atoms with Gasteiger partial charge in [-0.15, -0.1) is 0 Å². The molecule has 0 unspecified atom stereocenters. The number of hydrogen-bond donors (Lipinski definition) is 5. The third-order valence-electron chi connectivity index (χ3n) is 15.8. The number of esters is 1. The van der Waals surface area contributed by atoms with Gasteiger partial charge in [0.15, 0.2) is 12.4 Å². The molecule has 10 heteroatoms. The van der Waals surface area contributed by atoms with Crippen LogP contribution < -0.4 is 0 Å². The highest BCUT2D eigenvalue weighted by Crippen LogP contribution is 2.89. The third kappa shape index (κ3) is 4.60. The SMILES string of the molecule is CC(=O)O[C@H]1[C@H](O[C@H]2CC[C@]34C[C@]35CC[C@]3(C)[C@@H]([C@]6(C)CC[C@H](C(C)(C)O)O6)[C@@H](O)C[C@@]3(C)[C@@H]5C[C@H](O)[C@H]4C2(C)C)OC[C@@H](O)[C@@H]1O. The molecular weight excluding hydrogens is 604 g/mol. The molecule has 7 aliphatic rings. The zero-order valence-corrected chi connectivity index (χ0v) is 29.7. The number of aliphatic hydroxyl groups excluding tert-OH is 4. The van der Waals surface area contributed by atoms with Gasteiger partial charge < -0.3 is 44.5 Å². The molecule has 2 heterocycles. The molecule has 7 rings (SSSR count). The van der Waals surface area contributed by atoms with Gasteiger partial charge in [-0.1, -0.05) is 27.7 Å². The molecule has 2 saturated heterocycles. The molecule has 47 heavy (non-hydrogen) atoms. The van der Waals surface area contributed by atoms with Crippen LogP contribution in [-0.2, 0) is 23.7 Å². The van der Waals surface area contributed by atoms with Gasteiger partial charge in [0.2, 0.25) is 0 Å². The highest BCUT2D eigenvalue weighted by Gasteiger charge is 2.85. The summed E-state index contributed by atoms with van der Waals surface area (Å²) in [6.07, 6.45) is 1.48. The standard InChI is InChI=1S/C37H60O10/c1-19(38)45-27-26(42)22(41)17-44-30(27)46-24-10-12-37-18-36(37)14-13-33(6)29(35(8)11-9-25(47-35)32(4,5)43)21(40)16-34(33,7)23(36)15-20(39)28(37)31(24,2)3/h20-30,39-43H,9-18H2,1-8H3/t20-,21-,22+,23-,24-,25+,26-,27+,28-,29-,30-,33+,34-,35-,36-,37+/m0/s1. The van der Waals surface area contributed by atoms with Gasteiger partial charge in [-0.05, 0) is 117 Å². The highest BCUT2D eigenvalue weighted by atomic mass is 16.7. The maximum absolute atomic E-state index is 12.2. The van der Waals surface area contributed by atoms with Crippen LogP contribution in [0.15, 0.2) is 0 Å². The van der Waals surface area contributed by atoms with Gasteiger partial charge in [-0.2, -0.15) is 0 Å². The zero-order chi connectivity index (χ0) is 34.3. The smallest absolute Gasteiger partial charge is 0.303 e. The topological polar surface area (TPSA) is 155 Å². The van der Waals surface area contributed by atoms with Crippen LogP contribution in [0.1, 0.15) is 113 Å². The fourth-order valence-corrected chi connectivity index (χ4v) is 13.7. The van der Waals surface area contributed by atoms with Gasteiger partial charge in [-0.25, -0.2) is 0 Å². The van der Waals surface area contributed by atoms with Crippen LogP contribution in [0.5, 0.6) is 0 Å². The van der Waals surface area contributed by atoms with Gasteiger partial charge in [0, 0.05) is 12.8 Å². The first-order chi connectivity index (χ1) is 21.7. The molecule has 0 amide bonds. The average molecular weight is 665 g/mol. The van der Waals surface area contributed by atoms with E-state index in [-0.39, 0.29) is 58.2 Å². The molecule has 0 aromatic carbocycles. The summed E-state index contributed by atoms with van der Waals surface area (Å²) in [5, 5.41) is 55.8. The summed E-state index contributed by atoms with van der Waals surface area (Å²) in [7, 11) is 0. The van der Waals surface area contributed by atoms with E-state index in [9.17, 15) is 30.3 Å². The summed E-state index contributed by atoms with van der Waals surface area (Å²) >= 11 is 0. The van der Waals surface area contributed by atoms with E-state index < -0.39 is 59.4 Å². The molecule has 0 radical (unpaired) electrons. The molecule has 5 saturated carbocycles. The first kappa shape index (κ1) is 34.6. The van der Waals surface area contributed by atoms with Gasteiger partial charge in [0.1, 0.15) is 12.2 Å². The van der Waals surface area contributed by atoms with Crippen LogP contribution in [0.25, 0.3) is 0 Å². The Morgan fingerprint density at radius 2 is 1.55 bits per heavy atom. The summed E-state index contributed by atoms with van der Waals surface area (Å²) in [4.78, 5) is 11.9. The maximum atomic E-state index is 12.2. The number of carbonyl (C=O) groups excluding carboxylic acids is 1. The normalized spacial score (nSPS) is 56.6. The van der Waals surface area contributed by atoms with Crippen LogP contribution in [-0.4, -0.2) is 98.3 Å². The largest absolute Gasteiger partial charge is 0.454 e. The Morgan fingerprint density at radius 1 is 0.851 bits per heavy atom. The van der Waals surface area contributed by atoms with E-state index in [0.717, 1.165) is 44.9 Å². The van der Waals surface area contributed by atoms with E-state index in [2.05, 4.69) is 34.6 Å². The number of carbonyl (C=O) groups is 1. The van der Waals surface area contributed by atoms with Crippen molar-refractivity contribution in [2.45, 2.75) is 173 Å². The minimum atomic E-state index is -1.32. The lowest BCUT2D eigenvalue weighted by atomic mass is 9.41. The Labute approximate surface area is 279 Å². The summed E-state index contributed by atoms with van der Waals surface area (Å²) in [6, 6.07) is 0. The average Bonchev–Trinajstić information content (AvgIpc) is 3.30. The molecule has 5 aliphatic carbocycles. The second kappa shape index (κ2) is 10.6. The van der Waals surface area contributed by atoms with Gasteiger partial charge in [-0.3, -0.25) is 4.79 Å². The Hall–Kier alpha value is -0.850. The molecule has 2 spiro atoms. The fourth-order valence-electron chi connectivity index (χ4n) is 13.7. The van der Waals surface area contributed by atoms with Crippen molar-refractivity contribution in [3.05, 3.63) is 0 Å². The fraction of sp³-hybridized carbons (Fsp3) is 0.973. The molecule has 2 aliphatic heterocycles. The quantitative estimate of drug-likeness (QED) is 0.218. The number of aliphatic hydroxyl groups is 5. The van der Waals surface area contributed by atoms with Crippen molar-refractivity contribution in [3.63, 3.8) is 0 Å². The van der Waals surface area contributed by atoms with Crippen molar-refractivity contribution in [1.29, 1.82) is 0 Å². The molecule has 16 atom stereocenters. The number of hydrogen-bond acceptors (Lipinski definition) is 10. The van der Waals surface area contributed by atoms with Crippen molar-refractivity contribution in [2.24, 2.45) is 44.8 Å². The molecular formula is C37H60O10. The Kier molecular flexibility index (Phi) is 7.80. The van der Waals surface area contributed by atoms with E-state index in [1.165, 1.54) is 6.92 Å². The van der Waals surface area contributed by atoms with E-state index in [0.29, 0.717) is 12.8 Å². The number of fused-ring (bicyclic) bond motifs is 2. The monoisotopic (exact) mass is 664 g/mol. The van der Waals surface area contributed by atoms with Crippen LogP contribution >= 0.6 is 0 Å². The van der Waals surface area contributed by atoms with Crippen molar-refractivity contribution in [2.75, 3.05) is 6.61 Å². The highest BCUT2D eigenvalue weighted by molar-refractivity contribution is 5.66. The van der Waals surface area contributed by atoms with Crippen LogP contribution in [0.3, 0.4) is 0 Å². The zero-order valence-electron chi connectivity index (χ0n) is 29.7. The van der Waals surface area contributed by atoms with E-state index in [1.54, 1.807) is 0 Å². The third-order valence-corrected chi connectivity index (χ3v) is 15.8. The van der Waals surface area contributed by atoms with E-state index in [4.69, 9.17) is 18.9 Å². The van der Waals surface area contributed by atoms with Crippen molar-refractivity contribution in [1.82, 2.24) is 0 Å². The summed E-state index contributed by atoms with van der Waals surface area (Å²) in [5.74, 6) is -0.368. The van der Waals surface area contributed by atoms with Gasteiger partial charge in [0.25, 0.3) is 0 Å². The second-order valence-electron chi connectivity index (χ2n) is 18.8. The summed E-state index contributed by atoms with van der Waals surface area (Å²) < 4.78 is 24.4. The van der Waals surface area contributed by atoms with Crippen LogP contribution in [0.4, 0.5) is 0 Å². The summed E-state index contributed by atoms with van der Waals surface area (Å²) in [6.45, 7) is 16.0. The van der Waals surface area contributed by atoms with Gasteiger partial charge in [0.05, 0.1) is 42.2 Å². The minimum Gasteiger partial charge on any atom is -0.454 e. The predicted molar refractivity (Wildman–Crippen MR) is 171 cm³/mol. The molecule has 5 N–H and O–H groups in total. The molecule has 7 fully saturated rings. The van der Waals surface area contributed by atoms with Crippen molar-refractivity contribution >= 4 is 5.97 Å². The lowest BCUT2D eigenvalue weighted by Crippen LogP contribution is -2.63. The van der Waals surface area contributed by atoms with Crippen molar-refractivity contribution in [3.8, 4) is 0 Å². The Balaban J connectivity index is 1.15. The molecule has 10 nitrogen and oxygen atoms in total. The first-order valence-corrected chi connectivity index (χ1v) is 18.2. The maximum Gasteiger partial charge on any atom is 0.303 e. The minimum absolute atomic E-state index is 0.00501. The lowest BCUT2D eigenvalue weighted by molar-refractivity contribution is -0.309. The van der Waals surface area contributed by atoms with Crippen LogP contribution in [0, 0.1) is 44.8 Å². The molecule has 0 bridgehead atoms. The second-order valence-corrected chi connectivity index (χ2v) is 18.8. The first-order valence-electron chi connectivity index (χ1n) is 18.2. The summed E-state index contributed by atoms with van der Waals surface area (Å²) in [5.41, 5.74) is -2.18. The predicted octanol–water partition coefficient (Wildman–Crippen LogP) is 3.47. The van der Waals surface area contributed by atoms with E-state index >= 15 is 0 Å². The van der Waals surface area contributed by atoms with Crippen molar-refractivity contribution < 1.29 is 49.3 Å². The molecule has 268 valence electrons. The molecule has 0 aromatic rings. The Morgan fingerprint density at radius 3 is 2.19 bits per heavy atom. The van der Waals surface area contributed by atoms with Crippen LogP contribution in [0.2, 0.25) is 0 Å². The Bertz CT molecular complexity index is 1270. The number of ether oxygens (including phenoxy) is 4. The number of rotatable bonds is 5. The van der Waals surface area contributed by atoms with E-state index in [1.807, 2.05) is 13.8 Å². The lowest BCUT2D eigenvalue weighted by Gasteiger charge is -2.64. The molecule has 0 aromatic heterocycles. The van der Waals surface area contributed by atoms with Gasteiger partial charge >= 0.3 is 5.97 Å².